The molecule has 0 radical (unpaired) electrons. The molecule has 4 rings (SSSR count). The summed E-state index contributed by atoms with van der Waals surface area (Å²) in [5.74, 6) is -0.0792. The van der Waals surface area contributed by atoms with Crippen molar-refractivity contribution in [1.82, 2.24) is 15.0 Å². The van der Waals surface area contributed by atoms with Gasteiger partial charge in [-0.05, 0) is 64.5 Å². The number of rotatable bonds is 4. The quantitative estimate of drug-likeness (QED) is 0.423. The standard InChI is InChI=1S/C19H12Br2N4O2/c20-13-3-1-12(2-4-13)16-11-22-24-25(16)15-7-5-14(6-8-15)23-19(26)17-9-10-18(21)27-17/h1-11H,(H,23,26). The highest BCUT2D eigenvalue weighted by Gasteiger charge is 2.12. The van der Waals surface area contributed by atoms with Crippen molar-refractivity contribution in [1.29, 1.82) is 0 Å². The lowest BCUT2D eigenvalue weighted by atomic mass is 10.1. The summed E-state index contributed by atoms with van der Waals surface area (Å²) in [5, 5.41) is 11.0. The molecule has 2 aromatic heterocycles. The molecule has 2 aromatic carbocycles. The summed E-state index contributed by atoms with van der Waals surface area (Å²) in [6, 6.07) is 18.5. The van der Waals surface area contributed by atoms with E-state index in [0.29, 0.717) is 10.4 Å². The van der Waals surface area contributed by atoms with Gasteiger partial charge in [-0.25, -0.2) is 4.68 Å². The molecular formula is C19H12Br2N4O2. The Labute approximate surface area is 171 Å². The van der Waals surface area contributed by atoms with E-state index in [0.717, 1.165) is 21.4 Å². The largest absolute Gasteiger partial charge is 0.444 e. The number of nitrogens with one attached hydrogen (secondary N) is 1. The van der Waals surface area contributed by atoms with Gasteiger partial charge in [-0.3, -0.25) is 4.79 Å². The smallest absolute Gasteiger partial charge is 0.291 e. The van der Waals surface area contributed by atoms with E-state index in [1.54, 1.807) is 35.1 Å². The van der Waals surface area contributed by atoms with Crippen LogP contribution in [-0.2, 0) is 0 Å². The highest BCUT2D eigenvalue weighted by atomic mass is 79.9. The molecule has 0 saturated carbocycles. The van der Waals surface area contributed by atoms with Crippen LogP contribution in [0.5, 0.6) is 0 Å². The third-order valence-electron chi connectivity index (χ3n) is 3.86. The molecule has 2 heterocycles. The highest BCUT2D eigenvalue weighted by Crippen LogP contribution is 2.24. The molecule has 0 spiro atoms. The third kappa shape index (κ3) is 3.86. The predicted molar refractivity (Wildman–Crippen MR) is 109 cm³/mol. The fourth-order valence-electron chi connectivity index (χ4n) is 2.56. The summed E-state index contributed by atoms with van der Waals surface area (Å²) in [4.78, 5) is 12.2. The van der Waals surface area contributed by atoms with Gasteiger partial charge in [-0.1, -0.05) is 33.3 Å². The molecule has 0 fully saturated rings. The minimum atomic E-state index is -0.315. The van der Waals surface area contributed by atoms with Crippen LogP contribution in [0, 0.1) is 0 Å². The van der Waals surface area contributed by atoms with Crippen molar-refractivity contribution in [2.24, 2.45) is 0 Å². The van der Waals surface area contributed by atoms with Gasteiger partial charge in [0.05, 0.1) is 17.6 Å². The number of nitrogens with zero attached hydrogens (tertiary/aromatic N) is 3. The molecule has 0 saturated heterocycles. The van der Waals surface area contributed by atoms with E-state index in [1.807, 2.05) is 36.4 Å². The van der Waals surface area contributed by atoms with E-state index in [1.165, 1.54) is 0 Å². The van der Waals surface area contributed by atoms with Crippen LogP contribution in [0.3, 0.4) is 0 Å². The molecule has 4 aromatic rings. The topological polar surface area (TPSA) is 73.0 Å². The van der Waals surface area contributed by atoms with Crippen molar-refractivity contribution in [3.63, 3.8) is 0 Å². The Hall–Kier alpha value is -2.71. The van der Waals surface area contributed by atoms with Gasteiger partial charge in [0.2, 0.25) is 0 Å². The second kappa shape index (κ2) is 7.50. The van der Waals surface area contributed by atoms with Gasteiger partial charge in [0.25, 0.3) is 5.91 Å². The van der Waals surface area contributed by atoms with Crippen LogP contribution in [0.25, 0.3) is 16.9 Å². The van der Waals surface area contributed by atoms with Crippen molar-refractivity contribution in [3.05, 3.63) is 81.8 Å². The minimum absolute atomic E-state index is 0.236. The summed E-state index contributed by atoms with van der Waals surface area (Å²) >= 11 is 6.62. The average Bonchev–Trinajstić information content (AvgIpc) is 3.32. The normalized spacial score (nSPS) is 10.7. The van der Waals surface area contributed by atoms with Crippen molar-refractivity contribution in [2.75, 3.05) is 5.32 Å². The highest BCUT2D eigenvalue weighted by molar-refractivity contribution is 9.10. The van der Waals surface area contributed by atoms with Crippen molar-refractivity contribution in [3.8, 4) is 16.9 Å². The van der Waals surface area contributed by atoms with E-state index in [9.17, 15) is 4.79 Å². The van der Waals surface area contributed by atoms with Crippen LogP contribution >= 0.6 is 31.9 Å². The van der Waals surface area contributed by atoms with Gasteiger partial charge in [-0.2, -0.15) is 0 Å². The maximum Gasteiger partial charge on any atom is 0.291 e. The number of carbonyl (C=O) groups is 1. The second-order valence-corrected chi connectivity index (χ2v) is 7.34. The average molecular weight is 488 g/mol. The van der Waals surface area contributed by atoms with E-state index in [4.69, 9.17) is 4.42 Å². The molecule has 0 atom stereocenters. The van der Waals surface area contributed by atoms with Crippen molar-refractivity contribution in [2.45, 2.75) is 0 Å². The molecule has 0 aliphatic heterocycles. The van der Waals surface area contributed by atoms with Crippen LogP contribution in [0.15, 0.2) is 80.4 Å². The first-order chi connectivity index (χ1) is 13.1. The number of anilines is 1. The van der Waals surface area contributed by atoms with Gasteiger partial charge in [0.15, 0.2) is 10.4 Å². The number of halogens is 2. The van der Waals surface area contributed by atoms with Crippen LogP contribution in [0.4, 0.5) is 5.69 Å². The zero-order valence-electron chi connectivity index (χ0n) is 13.8. The number of carbonyl (C=O) groups excluding carboxylic acids is 1. The van der Waals surface area contributed by atoms with E-state index in [2.05, 4.69) is 47.5 Å². The van der Waals surface area contributed by atoms with Crippen LogP contribution < -0.4 is 5.32 Å². The Morgan fingerprint density at radius 1 is 0.963 bits per heavy atom. The number of benzene rings is 2. The Kier molecular flexibility index (Phi) is 4.91. The Morgan fingerprint density at radius 3 is 2.37 bits per heavy atom. The minimum Gasteiger partial charge on any atom is -0.444 e. The number of hydrogen-bond donors (Lipinski definition) is 1. The first kappa shape index (κ1) is 17.7. The van der Waals surface area contributed by atoms with Gasteiger partial charge in [-0.15, -0.1) is 5.10 Å². The lowest BCUT2D eigenvalue weighted by Crippen LogP contribution is -2.10. The van der Waals surface area contributed by atoms with Gasteiger partial charge < -0.3 is 9.73 Å². The molecular weight excluding hydrogens is 476 g/mol. The van der Waals surface area contributed by atoms with Gasteiger partial charge in [0, 0.05) is 15.7 Å². The van der Waals surface area contributed by atoms with Gasteiger partial charge >= 0.3 is 0 Å². The fraction of sp³-hybridized carbons (Fsp3) is 0. The number of amides is 1. The summed E-state index contributed by atoms with van der Waals surface area (Å²) in [6.07, 6.45) is 1.72. The van der Waals surface area contributed by atoms with Gasteiger partial charge in [0.1, 0.15) is 0 Å². The maximum atomic E-state index is 12.2. The molecule has 0 aliphatic rings. The third-order valence-corrected chi connectivity index (χ3v) is 4.81. The maximum absolute atomic E-state index is 12.2. The molecule has 27 heavy (non-hydrogen) atoms. The Balaban J connectivity index is 1.56. The first-order valence-corrected chi connectivity index (χ1v) is 9.52. The van der Waals surface area contributed by atoms with E-state index in [-0.39, 0.29) is 11.7 Å². The molecule has 6 nitrogen and oxygen atoms in total. The number of hydrogen-bond acceptors (Lipinski definition) is 4. The van der Waals surface area contributed by atoms with Crippen molar-refractivity contribution < 1.29 is 9.21 Å². The van der Waals surface area contributed by atoms with E-state index >= 15 is 0 Å². The van der Waals surface area contributed by atoms with Crippen molar-refractivity contribution >= 4 is 43.5 Å². The molecule has 1 N–H and O–H groups in total. The van der Waals surface area contributed by atoms with Crippen LogP contribution in [0.1, 0.15) is 10.6 Å². The lowest BCUT2D eigenvalue weighted by molar-refractivity contribution is 0.0995. The molecule has 0 unspecified atom stereocenters. The van der Waals surface area contributed by atoms with Crippen LogP contribution in [-0.4, -0.2) is 20.9 Å². The summed E-state index contributed by atoms with van der Waals surface area (Å²) in [6.45, 7) is 0. The second-order valence-electron chi connectivity index (χ2n) is 5.64. The Morgan fingerprint density at radius 2 is 1.70 bits per heavy atom. The zero-order chi connectivity index (χ0) is 18.8. The predicted octanol–water partition coefficient (Wildman–Crippen LogP) is 5.30. The Bertz CT molecular complexity index is 1090. The fourth-order valence-corrected chi connectivity index (χ4v) is 3.13. The van der Waals surface area contributed by atoms with Crippen LogP contribution in [0.2, 0.25) is 0 Å². The molecule has 1 amide bonds. The summed E-state index contributed by atoms with van der Waals surface area (Å²) in [7, 11) is 0. The van der Waals surface area contributed by atoms with E-state index < -0.39 is 0 Å². The lowest BCUT2D eigenvalue weighted by Gasteiger charge is -2.08. The monoisotopic (exact) mass is 486 g/mol. The summed E-state index contributed by atoms with van der Waals surface area (Å²) in [5.41, 5.74) is 3.37. The molecule has 0 aliphatic carbocycles. The molecule has 0 bridgehead atoms. The molecule has 8 heteroatoms. The zero-order valence-corrected chi connectivity index (χ0v) is 16.9. The number of aromatic nitrogens is 3. The molecule has 134 valence electrons. The SMILES string of the molecule is O=C(Nc1ccc(-n2nncc2-c2ccc(Br)cc2)cc1)c1ccc(Br)o1. The first-order valence-electron chi connectivity index (χ1n) is 7.94. The summed E-state index contributed by atoms with van der Waals surface area (Å²) < 4.78 is 8.52. The number of furan rings is 1.